The lowest BCUT2D eigenvalue weighted by atomic mass is 9.98. The van der Waals surface area contributed by atoms with Crippen molar-refractivity contribution in [2.45, 2.75) is 45.3 Å². The van der Waals surface area contributed by atoms with Crippen molar-refractivity contribution in [1.29, 1.82) is 0 Å². The second kappa shape index (κ2) is 12.4. The molecule has 0 radical (unpaired) electrons. The number of carbonyl (C=O) groups is 2. The standard InChI is InChI=1S/C27H28F3N3O5/c1-17(2)23(24(35)27(28,29)30)32-22(34)15-33-21(19-11-7-4-8-12-19)14-13-20(25(33)36)31-26(37)38-16-18-9-5-3-6-10-18/h3-14,17,23-24,35H,15-16H2,1-2H3,(H,31,37)(H,32,34). The van der Waals surface area contributed by atoms with Gasteiger partial charge in [0.05, 0.1) is 11.7 Å². The number of pyridine rings is 1. The number of anilines is 1. The van der Waals surface area contributed by atoms with Crippen LogP contribution < -0.4 is 16.2 Å². The van der Waals surface area contributed by atoms with Crippen molar-refractivity contribution in [3.63, 3.8) is 0 Å². The largest absolute Gasteiger partial charge is 0.444 e. The van der Waals surface area contributed by atoms with Crippen molar-refractivity contribution < 1.29 is 32.6 Å². The molecule has 2 unspecified atom stereocenters. The molecule has 0 aliphatic carbocycles. The minimum atomic E-state index is -4.95. The number of halogens is 3. The molecular weight excluding hydrogens is 503 g/mol. The molecule has 0 aliphatic rings. The topological polar surface area (TPSA) is 110 Å². The number of nitrogens with one attached hydrogen (secondary N) is 2. The van der Waals surface area contributed by atoms with Crippen LogP contribution in [0.5, 0.6) is 0 Å². The van der Waals surface area contributed by atoms with E-state index in [1.807, 2.05) is 6.07 Å². The zero-order valence-corrected chi connectivity index (χ0v) is 20.7. The van der Waals surface area contributed by atoms with Gasteiger partial charge in [-0.15, -0.1) is 0 Å². The molecule has 11 heteroatoms. The zero-order valence-electron chi connectivity index (χ0n) is 20.7. The fraction of sp³-hybridized carbons (Fsp3) is 0.296. The number of benzene rings is 2. The SMILES string of the molecule is CC(C)C(NC(=O)Cn1c(-c2ccccc2)ccc(NC(=O)OCc2ccccc2)c1=O)C(O)C(F)(F)F. The van der Waals surface area contributed by atoms with E-state index in [0.717, 1.165) is 10.1 Å². The van der Waals surface area contributed by atoms with Crippen molar-refractivity contribution in [2.24, 2.45) is 5.92 Å². The van der Waals surface area contributed by atoms with Crippen LogP contribution in [0.4, 0.5) is 23.7 Å². The van der Waals surface area contributed by atoms with Crippen LogP contribution in [0.3, 0.4) is 0 Å². The lowest BCUT2D eigenvalue weighted by Crippen LogP contribution is -2.53. The van der Waals surface area contributed by atoms with Crippen molar-refractivity contribution >= 4 is 17.7 Å². The highest BCUT2D eigenvalue weighted by Crippen LogP contribution is 2.25. The van der Waals surface area contributed by atoms with Crippen LogP contribution in [0.15, 0.2) is 77.6 Å². The van der Waals surface area contributed by atoms with Gasteiger partial charge in [-0.05, 0) is 29.2 Å². The van der Waals surface area contributed by atoms with Gasteiger partial charge in [-0.1, -0.05) is 74.5 Å². The number of hydrogen-bond acceptors (Lipinski definition) is 5. The average molecular weight is 532 g/mol. The fourth-order valence-electron chi connectivity index (χ4n) is 3.75. The molecule has 0 saturated carbocycles. The number of carbonyl (C=O) groups excluding carboxylic acids is 2. The second-order valence-electron chi connectivity index (χ2n) is 8.90. The molecular formula is C27H28F3N3O5. The number of aromatic nitrogens is 1. The molecule has 0 spiro atoms. The number of nitrogens with zero attached hydrogens (tertiary/aromatic N) is 1. The van der Waals surface area contributed by atoms with E-state index in [4.69, 9.17) is 4.74 Å². The Morgan fingerprint density at radius 2 is 1.58 bits per heavy atom. The van der Waals surface area contributed by atoms with E-state index in [1.54, 1.807) is 54.6 Å². The smallest absolute Gasteiger partial charge is 0.416 e. The third-order valence-electron chi connectivity index (χ3n) is 5.72. The first-order chi connectivity index (χ1) is 18.0. The Balaban J connectivity index is 1.86. The Bertz CT molecular complexity index is 1290. The van der Waals surface area contributed by atoms with Gasteiger partial charge in [0.2, 0.25) is 5.91 Å². The van der Waals surface area contributed by atoms with E-state index in [1.165, 1.54) is 26.0 Å². The third-order valence-corrected chi connectivity index (χ3v) is 5.72. The maximum absolute atomic E-state index is 13.3. The van der Waals surface area contributed by atoms with Gasteiger partial charge in [0.1, 0.15) is 18.8 Å². The summed E-state index contributed by atoms with van der Waals surface area (Å²) < 4.78 is 45.6. The lowest BCUT2D eigenvalue weighted by Gasteiger charge is -2.29. The first kappa shape index (κ1) is 28.5. The molecule has 1 heterocycles. The Labute approximate surface area is 217 Å². The number of ether oxygens (including phenoxy) is 1. The predicted octanol–water partition coefficient (Wildman–Crippen LogP) is 4.33. The van der Waals surface area contributed by atoms with E-state index in [0.29, 0.717) is 11.3 Å². The van der Waals surface area contributed by atoms with E-state index in [2.05, 4.69) is 10.6 Å². The molecule has 0 fully saturated rings. The zero-order chi connectivity index (χ0) is 27.9. The number of aliphatic hydroxyl groups is 1. The third kappa shape index (κ3) is 7.45. The summed E-state index contributed by atoms with van der Waals surface area (Å²) in [5.41, 5.74) is 0.636. The van der Waals surface area contributed by atoms with Gasteiger partial charge in [0.25, 0.3) is 5.56 Å². The van der Waals surface area contributed by atoms with Crippen LogP contribution in [0.25, 0.3) is 11.3 Å². The molecule has 8 nitrogen and oxygen atoms in total. The monoisotopic (exact) mass is 531 g/mol. The van der Waals surface area contributed by atoms with Crippen molar-refractivity contribution in [3.05, 3.63) is 88.7 Å². The molecule has 2 atom stereocenters. The van der Waals surface area contributed by atoms with Gasteiger partial charge >= 0.3 is 12.3 Å². The summed E-state index contributed by atoms with van der Waals surface area (Å²) in [4.78, 5) is 38.5. The Hall–Kier alpha value is -4.12. The lowest BCUT2D eigenvalue weighted by molar-refractivity contribution is -0.215. The summed E-state index contributed by atoms with van der Waals surface area (Å²) in [6.45, 7) is 2.15. The normalized spacial score (nSPS) is 13.0. The molecule has 3 rings (SSSR count). The van der Waals surface area contributed by atoms with Gasteiger partial charge in [-0.3, -0.25) is 19.5 Å². The molecule has 0 bridgehead atoms. The summed E-state index contributed by atoms with van der Waals surface area (Å²) in [5, 5.41) is 14.3. The van der Waals surface area contributed by atoms with E-state index in [9.17, 15) is 32.7 Å². The van der Waals surface area contributed by atoms with Crippen LogP contribution >= 0.6 is 0 Å². The molecule has 3 N–H and O–H groups in total. The van der Waals surface area contributed by atoms with Crippen molar-refractivity contribution in [3.8, 4) is 11.3 Å². The Morgan fingerprint density at radius 3 is 2.16 bits per heavy atom. The Morgan fingerprint density at radius 1 is 0.974 bits per heavy atom. The number of aliphatic hydroxyl groups excluding tert-OH is 1. The van der Waals surface area contributed by atoms with E-state index >= 15 is 0 Å². The van der Waals surface area contributed by atoms with Crippen LogP contribution in [-0.4, -0.2) is 40.0 Å². The maximum atomic E-state index is 13.3. The highest BCUT2D eigenvalue weighted by Gasteiger charge is 2.45. The number of rotatable bonds is 9. The Kier molecular flexibility index (Phi) is 9.30. The summed E-state index contributed by atoms with van der Waals surface area (Å²) in [6, 6.07) is 18.7. The van der Waals surface area contributed by atoms with Gasteiger partial charge < -0.3 is 15.2 Å². The first-order valence-electron chi connectivity index (χ1n) is 11.8. The molecule has 2 amide bonds. The molecule has 0 saturated heterocycles. The van der Waals surface area contributed by atoms with Crippen LogP contribution in [0.1, 0.15) is 19.4 Å². The molecule has 0 aliphatic heterocycles. The fourth-order valence-corrected chi connectivity index (χ4v) is 3.75. The van der Waals surface area contributed by atoms with Gasteiger partial charge in [0.15, 0.2) is 6.10 Å². The minimum Gasteiger partial charge on any atom is -0.444 e. The quantitative estimate of drug-likeness (QED) is 0.381. The highest BCUT2D eigenvalue weighted by molar-refractivity contribution is 5.85. The van der Waals surface area contributed by atoms with Crippen LogP contribution in [0, 0.1) is 5.92 Å². The molecule has 38 heavy (non-hydrogen) atoms. The van der Waals surface area contributed by atoms with E-state index < -0.39 is 48.3 Å². The van der Waals surface area contributed by atoms with Crippen LogP contribution in [0.2, 0.25) is 0 Å². The second-order valence-corrected chi connectivity index (χ2v) is 8.90. The minimum absolute atomic E-state index is 0.0382. The molecule has 1 aromatic heterocycles. The predicted molar refractivity (Wildman–Crippen MR) is 135 cm³/mol. The molecule has 3 aromatic rings. The average Bonchev–Trinajstić information content (AvgIpc) is 2.88. The summed E-state index contributed by atoms with van der Waals surface area (Å²) in [7, 11) is 0. The van der Waals surface area contributed by atoms with Crippen molar-refractivity contribution in [1.82, 2.24) is 9.88 Å². The number of hydrogen-bond donors (Lipinski definition) is 3. The summed E-state index contributed by atoms with van der Waals surface area (Å²) >= 11 is 0. The highest BCUT2D eigenvalue weighted by atomic mass is 19.4. The van der Waals surface area contributed by atoms with Crippen LogP contribution in [-0.2, 0) is 22.7 Å². The summed E-state index contributed by atoms with van der Waals surface area (Å²) in [5.74, 6) is -1.68. The molecule has 2 aromatic carbocycles. The number of amides is 2. The van der Waals surface area contributed by atoms with Gasteiger partial charge in [0, 0.05) is 0 Å². The maximum Gasteiger partial charge on any atom is 0.416 e. The van der Waals surface area contributed by atoms with Crippen molar-refractivity contribution in [2.75, 3.05) is 5.32 Å². The van der Waals surface area contributed by atoms with E-state index in [-0.39, 0.29) is 12.3 Å². The number of alkyl halides is 3. The van der Waals surface area contributed by atoms with Gasteiger partial charge in [-0.25, -0.2) is 4.79 Å². The first-order valence-corrected chi connectivity index (χ1v) is 11.8. The summed E-state index contributed by atoms with van der Waals surface area (Å²) in [6.07, 6.45) is -8.63. The van der Waals surface area contributed by atoms with Gasteiger partial charge in [-0.2, -0.15) is 13.2 Å². The molecule has 202 valence electrons.